The maximum absolute atomic E-state index is 13.0. The molecule has 0 bridgehead atoms. The summed E-state index contributed by atoms with van der Waals surface area (Å²) in [5.41, 5.74) is 1.48. The number of carbonyl (C=O) groups excluding carboxylic acids is 3. The van der Waals surface area contributed by atoms with Crippen molar-refractivity contribution in [3.05, 3.63) is 59.4 Å². The number of hydrogen-bond donors (Lipinski definition) is 2. The number of aliphatic hydroxyl groups is 1. The highest BCUT2D eigenvalue weighted by Gasteiger charge is 2.43. The summed E-state index contributed by atoms with van der Waals surface area (Å²) in [6.45, 7) is 4.56. The molecule has 0 atom stereocenters. The first-order valence-corrected chi connectivity index (χ1v) is 8.54. The highest BCUT2D eigenvalue weighted by Crippen LogP contribution is 2.41. The molecule has 1 amide bonds. The minimum atomic E-state index is -1.01. The van der Waals surface area contributed by atoms with Crippen LogP contribution in [-0.2, 0) is 19.8 Å². The van der Waals surface area contributed by atoms with Crippen LogP contribution in [0, 0.1) is 0 Å². The lowest BCUT2D eigenvalue weighted by Crippen LogP contribution is -2.42. The van der Waals surface area contributed by atoms with Gasteiger partial charge in [-0.25, -0.2) is 0 Å². The molecule has 0 saturated carbocycles. The molecule has 3 rings (SSSR count). The summed E-state index contributed by atoms with van der Waals surface area (Å²) in [7, 11) is 0. The Morgan fingerprint density at radius 1 is 1.19 bits per heavy atom. The number of amides is 1. The van der Waals surface area contributed by atoms with Gasteiger partial charge in [-0.2, -0.15) is 0 Å². The van der Waals surface area contributed by atoms with E-state index in [1.807, 2.05) is 24.3 Å². The fraction of sp³-hybridized carbons (Fsp3) is 0.238. The molecular formula is C21H20N2O4. The van der Waals surface area contributed by atoms with E-state index < -0.39 is 17.1 Å². The largest absolute Gasteiger partial charge is 0.506 e. The summed E-state index contributed by atoms with van der Waals surface area (Å²) in [5, 5.41) is 13.0. The number of nitrogens with one attached hydrogen (secondary N) is 1. The van der Waals surface area contributed by atoms with Gasteiger partial charge in [0.1, 0.15) is 17.1 Å². The quantitative estimate of drug-likeness (QED) is 0.813. The minimum absolute atomic E-state index is 0.198. The Hall–Kier alpha value is -3.28. The standard InChI is InChI=1S/C21H20N2O4/c1-12(24)10-23-20(27)17-18(25)15-7-6-13(14-5-4-8-22-11-14)9-16(15)21(2,3)19(17)26/h4-9,11,25H,10H2,1-3H3,(H,23,27). The van der Waals surface area contributed by atoms with E-state index in [1.165, 1.54) is 6.92 Å². The van der Waals surface area contributed by atoms with Crippen molar-refractivity contribution in [2.75, 3.05) is 6.54 Å². The first-order valence-electron chi connectivity index (χ1n) is 8.54. The Kier molecular flexibility index (Phi) is 4.66. The van der Waals surface area contributed by atoms with Crippen LogP contribution < -0.4 is 5.32 Å². The van der Waals surface area contributed by atoms with Crippen LogP contribution in [0.25, 0.3) is 16.9 Å². The lowest BCUT2D eigenvalue weighted by atomic mass is 9.70. The summed E-state index contributed by atoms with van der Waals surface area (Å²) in [4.78, 5) is 40.6. The van der Waals surface area contributed by atoms with Gasteiger partial charge in [-0.1, -0.05) is 18.2 Å². The first kappa shape index (κ1) is 18.5. The number of fused-ring (bicyclic) bond motifs is 1. The van der Waals surface area contributed by atoms with Crippen molar-refractivity contribution in [3.8, 4) is 11.1 Å². The van der Waals surface area contributed by atoms with Crippen LogP contribution in [0.1, 0.15) is 31.9 Å². The third kappa shape index (κ3) is 3.26. The lowest BCUT2D eigenvalue weighted by Gasteiger charge is -2.32. The summed E-state index contributed by atoms with van der Waals surface area (Å²) < 4.78 is 0. The van der Waals surface area contributed by atoms with Gasteiger partial charge in [0.25, 0.3) is 5.91 Å². The summed E-state index contributed by atoms with van der Waals surface area (Å²) >= 11 is 0. The average Bonchev–Trinajstić information content (AvgIpc) is 2.65. The number of ketones is 2. The summed E-state index contributed by atoms with van der Waals surface area (Å²) in [5.74, 6) is -1.85. The van der Waals surface area contributed by atoms with E-state index in [4.69, 9.17) is 0 Å². The van der Waals surface area contributed by atoms with Crippen molar-refractivity contribution in [1.29, 1.82) is 0 Å². The molecule has 138 valence electrons. The van der Waals surface area contributed by atoms with Crippen molar-refractivity contribution in [1.82, 2.24) is 10.3 Å². The zero-order chi connectivity index (χ0) is 19.8. The molecule has 0 saturated heterocycles. The number of Topliss-reactive ketones (excluding diaryl/α,β-unsaturated/α-hetero) is 2. The summed E-state index contributed by atoms with van der Waals surface area (Å²) in [6, 6.07) is 9.07. The van der Waals surface area contributed by atoms with E-state index in [9.17, 15) is 19.5 Å². The molecule has 2 N–H and O–H groups in total. The second-order valence-electron chi connectivity index (χ2n) is 7.06. The van der Waals surface area contributed by atoms with Crippen LogP contribution in [0.2, 0.25) is 0 Å². The second kappa shape index (κ2) is 6.79. The molecule has 1 aliphatic carbocycles. The molecule has 0 aliphatic heterocycles. The molecule has 1 heterocycles. The van der Waals surface area contributed by atoms with Crippen molar-refractivity contribution in [2.24, 2.45) is 0 Å². The Bertz CT molecular complexity index is 975. The zero-order valence-corrected chi connectivity index (χ0v) is 15.4. The van der Waals surface area contributed by atoms with Crippen LogP contribution in [0.4, 0.5) is 0 Å². The second-order valence-corrected chi connectivity index (χ2v) is 7.06. The smallest absolute Gasteiger partial charge is 0.259 e. The van der Waals surface area contributed by atoms with Gasteiger partial charge in [-0.3, -0.25) is 19.4 Å². The van der Waals surface area contributed by atoms with Gasteiger partial charge >= 0.3 is 0 Å². The van der Waals surface area contributed by atoms with Crippen LogP contribution in [0.3, 0.4) is 0 Å². The van der Waals surface area contributed by atoms with Gasteiger partial charge in [-0.05, 0) is 49.6 Å². The number of pyridine rings is 1. The minimum Gasteiger partial charge on any atom is -0.506 e. The topological polar surface area (TPSA) is 96.4 Å². The average molecular weight is 364 g/mol. The van der Waals surface area contributed by atoms with Crippen molar-refractivity contribution >= 4 is 23.2 Å². The number of carbonyl (C=O) groups is 3. The van der Waals surface area contributed by atoms with Gasteiger partial charge in [0.15, 0.2) is 5.78 Å². The molecule has 2 aromatic rings. The maximum atomic E-state index is 13.0. The first-order chi connectivity index (χ1) is 12.7. The van der Waals surface area contributed by atoms with Crippen LogP contribution >= 0.6 is 0 Å². The fourth-order valence-corrected chi connectivity index (χ4v) is 3.16. The van der Waals surface area contributed by atoms with E-state index in [0.29, 0.717) is 11.1 Å². The molecule has 1 aliphatic rings. The number of rotatable bonds is 4. The molecule has 1 aromatic heterocycles. The molecule has 0 radical (unpaired) electrons. The van der Waals surface area contributed by atoms with Gasteiger partial charge in [0.05, 0.1) is 12.0 Å². The summed E-state index contributed by atoms with van der Waals surface area (Å²) in [6.07, 6.45) is 3.39. The number of hydrogen-bond acceptors (Lipinski definition) is 5. The molecule has 6 heteroatoms. The highest BCUT2D eigenvalue weighted by molar-refractivity contribution is 6.28. The van der Waals surface area contributed by atoms with Crippen LogP contribution in [-0.4, -0.2) is 34.1 Å². The third-order valence-electron chi connectivity index (χ3n) is 4.70. The van der Waals surface area contributed by atoms with E-state index >= 15 is 0 Å². The Morgan fingerprint density at radius 3 is 2.56 bits per heavy atom. The van der Waals surface area contributed by atoms with Crippen LogP contribution in [0.5, 0.6) is 0 Å². The molecular weight excluding hydrogens is 344 g/mol. The Balaban J connectivity index is 2.11. The predicted molar refractivity (Wildman–Crippen MR) is 101 cm³/mol. The van der Waals surface area contributed by atoms with Crippen LogP contribution in [0.15, 0.2) is 48.3 Å². The van der Waals surface area contributed by atoms with Gasteiger partial charge < -0.3 is 10.4 Å². The Morgan fingerprint density at radius 2 is 1.93 bits per heavy atom. The van der Waals surface area contributed by atoms with Crippen molar-refractivity contribution < 1.29 is 19.5 Å². The van der Waals surface area contributed by atoms with Crippen molar-refractivity contribution in [3.63, 3.8) is 0 Å². The Labute approximate surface area is 156 Å². The molecule has 6 nitrogen and oxygen atoms in total. The van der Waals surface area contributed by atoms with Gasteiger partial charge in [0.2, 0.25) is 0 Å². The molecule has 0 fully saturated rings. The monoisotopic (exact) mass is 364 g/mol. The predicted octanol–water partition coefficient (Wildman–Crippen LogP) is 2.58. The zero-order valence-electron chi connectivity index (χ0n) is 15.4. The van der Waals surface area contributed by atoms with Crippen molar-refractivity contribution in [2.45, 2.75) is 26.2 Å². The van der Waals surface area contributed by atoms with E-state index in [1.54, 1.807) is 32.3 Å². The van der Waals surface area contributed by atoms with Gasteiger partial charge in [-0.15, -0.1) is 0 Å². The number of aliphatic hydroxyl groups excluding tert-OH is 1. The SMILES string of the molecule is CC(=O)CNC(=O)C1=C(O)c2ccc(-c3cccnc3)cc2C(C)(C)C1=O. The van der Waals surface area contributed by atoms with Gasteiger partial charge in [0, 0.05) is 18.0 Å². The molecule has 0 spiro atoms. The lowest BCUT2D eigenvalue weighted by molar-refractivity contribution is -0.126. The third-order valence-corrected chi connectivity index (χ3v) is 4.70. The normalized spacial score (nSPS) is 15.3. The molecule has 1 aromatic carbocycles. The van der Waals surface area contributed by atoms with E-state index in [2.05, 4.69) is 10.3 Å². The maximum Gasteiger partial charge on any atom is 0.259 e. The fourth-order valence-electron chi connectivity index (χ4n) is 3.16. The van der Waals surface area contributed by atoms with E-state index in [0.717, 1.165) is 11.1 Å². The van der Waals surface area contributed by atoms with E-state index in [-0.39, 0.29) is 23.7 Å². The number of benzene rings is 1. The number of aromatic nitrogens is 1. The molecule has 27 heavy (non-hydrogen) atoms. The number of nitrogens with zero attached hydrogens (tertiary/aromatic N) is 1. The highest BCUT2D eigenvalue weighted by atomic mass is 16.3. The molecule has 0 unspecified atom stereocenters.